The van der Waals surface area contributed by atoms with E-state index in [-0.39, 0.29) is 23.2 Å². The van der Waals surface area contributed by atoms with Crippen LogP contribution in [0.5, 0.6) is 11.5 Å². The summed E-state index contributed by atoms with van der Waals surface area (Å²) in [6.45, 7) is 2.52. The first-order chi connectivity index (χ1) is 11.9. The molecule has 1 heterocycles. The zero-order valence-electron chi connectivity index (χ0n) is 13.3. The predicted molar refractivity (Wildman–Crippen MR) is 106 cm³/mol. The number of hydrogen-bond acceptors (Lipinski definition) is 4. The number of alkyl halides is 2. The molecule has 0 fully saturated rings. The minimum absolute atomic E-state index is 0.0272. The summed E-state index contributed by atoms with van der Waals surface area (Å²) in [5.74, 6) is 0.492. The first-order valence-electron chi connectivity index (χ1n) is 7.53. The minimum Gasteiger partial charge on any atom is -0.507 e. The first-order valence-corrected chi connectivity index (χ1v) is 10.2. The molecule has 2 atom stereocenters. The molecule has 1 aliphatic rings. The highest BCUT2D eigenvalue weighted by Gasteiger charge is 2.31. The van der Waals surface area contributed by atoms with E-state index in [0.29, 0.717) is 12.2 Å². The number of carbonyl (C=O) groups is 1. The summed E-state index contributed by atoms with van der Waals surface area (Å²) < 4.78 is 11.9. The number of aryl methyl sites for hydroxylation is 1. The number of fused-ring (bicyclic) bond motifs is 1. The van der Waals surface area contributed by atoms with Crippen molar-refractivity contribution in [2.75, 3.05) is 6.79 Å². The fourth-order valence-corrected chi connectivity index (χ4v) is 4.33. The maximum Gasteiger partial charge on any atom is 0.189 e. The summed E-state index contributed by atoms with van der Waals surface area (Å²) in [6.07, 6.45) is 0. The Balaban J connectivity index is 1.95. The Morgan fingerprint density at radius 3 is 2.76 bits per heavy atom. The van der Waals surface area contributed by atoms with Gasteiger partial charge in [-0.05, 0) is 31.2 Å². The Labute approximate surface area is 170 Å². The van der Waals surface area contributed by atoms with Crippen LogP contribution in [-0.4, -0.2) is 22.5 Å². The molecule has 0 spiro atoms. The van der Waals surface area contributed by atoms with Crippen LogP contribution in [0.2, 0.25) is 0 Å². The highest BCUT2D eigenvalue weighted by Crippen LogP contribution is 2.43. The van der Waals surface area contributed by atoms with Gasteiger partial charge >= 0.3 is 0 Å². The molecule has 2 aromatic carbocycles. The lowest BCUT2D eigenvalue weighted by molar-refractivity contribution is -0.0170. The summed E-state index contributed by atoms with van der Waals surface area (Å²) in [6, 6.07) is 8.84. The number of ether oxygens (including phenoxy) is 2. The van der Waals surface area contributed by atoms with Crippen LogP contribution >= 0.6 is 47.8 Å². The van der Waals surface area contributed by atoms with Crippen molar-refractivity contribution < 1.29 is 19.4 Å². The lowest BCUT2D eigenvalue weighted by Gasteiger charge is -2.25. The average Bonchev–Trinajstić information content (AvgIpc) is 2.61. The van der Waals surface area contributed by atoms with E-state index in [1.165, 1.54) is 6.07 Å². The number of halogens is 3. The fourth-order valence-electron chi connectivity index (χ4n) is 2.70. The van der Waals surface area contributed by atoms with E-state index >= 15 is 0 Å². The van der Waals surface area contributed by atoms with Crippen LogP contribution in [0.1, 0.15) is 31.9 Å². The molecule has 25 heavy (non-hydrogen) atoms. The Kier molecular flexibility index (Phi) is 5.88. The lowest BCUT2D eigenvalue weighted by Crippen LogP contribution is -2.21. The largest absolute Gasteiger partial charge is 0.507 e. The van der Waals surface area contributed by atoms with Crippen LogP contribution in [-0.2, 0) is 11.3 Å². The number of ketones is 1. The second-order valence-corrected chi connectivity index (χ2v) is 8.67. The van der Waals surface area contributed by atoms with Crippen molar-refractivity contribution >= 4 is 53.6 Å². The molecule has 0 amide bonds. The van der Waals surface area contributed by atoms with Gasteiger partial charge in [0, 0.05) is 15.6 Å². The number of phenols is 1. The molecule has 2 unspecified atom stereocenters. The predicted octanol–water partition coefficient (Wildman–Crippen LogP) is 5.41. The molecular weight excluding hydrogens is 520 g/mol. The molecule has 0 saturated carbocycles. The zero-order chi connectivity index (χ0) is 18.1. The van der Waals surface area contributed by atoms with Crippen LogP contribution in [0, 0.1) is 6.92 Å². The van der Waals surface area contributed by atoms with Crippen LogP contribution in [0.25, 0.3) is 0 Å². The lowest BCUT2D eigenvalue weighted by atomic mass is 9.98. The van der Waals surface area contributed by atoms with Crippen LogP contribution in [0.15, 0.2) is 34.8 Å². The number of rotatable bonds is 4. The van der Waals surface area contributed by atoms with Gasteiger partial charge < -0.3 is 14.6 Å². The number of phenolic OH excluding ortho intramolecular Hbond substituents is 1. The van der Waals surface area contributed by atoms with Crippen molar-refractivity contribution in [2.45, 2.75) is 23.2 Å². The second-order valence-electron chi connectivity index (χ2n) is 5.78. The normalized spacial score (nSPS) is 15.8. The maximum atomic E-state index is 12.9. The van der Waals surface area contributed by atoms with E-state index in [2.05, 4.69) is 47.8 Å². The monoisotopic (exact) mass is 532 g/mol. The number of carbonyl (C=O) groups excluding carboxylic acids is 1. The highest BCUT2D eigenvalue weighted by molar-refractivity contribution is 9.12. The molecule has 3 rings (SSSR count). The van der Waals surface area contributed by atoms with Gasteiger partial charge in [0.15, 0.2) is 12.6 Å². The molecule has 0 radical (unpaired) electrons. The summed E-state index contributed by atoms with van der Waals surface area (Å²) in [4.78, 5) is 11.9. The third-order valence-corrected chi connectivity index (χ3v) is 7.06. The van der Waals surface area contributed by atoms with E-state index in [0.717, 1.165) is 26.9 Å². The molecule has 7 heteroatoms. The molecule has 0 aromatic heterocycles. The van der Waals surface area contributed by atoms with Crippen LogP contribution in [0.4, 0.5) is 0 Å². The van der Waals surface area contributed by atoms with Gasteiger partial charge in [-0.3, -0.25) is 4.79 Å². The summed E-state index contributed by atoms with van der Waals surface area (Å²) in [7, 11) is 0. The molecule has 0 aliphatic carbocycles. The second kappa shape index (κ2) is 7.78. The molecule has 2 aromatic rings. The van der Waals surface area contributed by atoms with Gasteiger partial charge in [0.2, 0.25) is 0 Å². The van der Waals surface area contributed by atoms with E-state index < -0.39 is 4.83 Å². The molecule has 0 saturated heterocycles. The molecule has 4 nitrogen and oxygen atoms in total. The third-order valence-electron chi connectivity index (χ3n) is 3.93. The Morgan fingerprint density at radius 2 is 2.00 bits per heavy atom. The van der Waals surface area contributed by atoms with Gasteiger partial charge in [-0.25, -0.2) is 0 Å². The maximum absolute atomic E-state index is 12.9. The van der Waals surface area contributed by atoms with Crippen molar-refractivity contribution in [3.05, 3.63) is 57.1 Å². The van der Waals surface area contributed by atoms with E-state index in [1.807, 2.05) is 19.1 Å². The summed E-state index contributed by atoms with van der Waals surface area (Å²) in [5.41, 5.74) is 2.97. The third kappa shape index (κ3) is 3.94. The molecule has 132 valence electrons. The molecule has 1 aliphatic heterocycles. The number of aromatic hydroxyl groups is 1. The van der Waals surface area contributed by atoms with Gasteiger partial charge in [-0.15, -0.1) is 0 Å². The van der Waals surface area contributed by atoms with Crippen molar-refractivity contribution in [3.63, 3.8) is 0 Å². The molecule has 1 N–H and O–H groups in total. The van der Waals surface area contributed by atoms with Crippen molar-refractivity contribution in [1.29, 1.82) is 0 Å². The molecular formula is C18H15Br3O4. The summed E-state index contributed by atoms with van der Waals surface area (Å²) in [5, 5.41) is 10.0. The Bertz CT molecular complexity index is 822. The van der Waals surface area contributed by atoms with Gasteiger partial charge in [-0.1, -0.05) is 59.4 Å². The quantitative estimate of drug-likeness (QED) is 0.421. The first kappa shape index (κ1) is 18.9. The summed E-state index contributed by atoms with van der Waals surface area (Å²) >= 11 is 10.6. The van der Waals surface area contributed by atoms with Crippen LogP contribution in [0.3, 0.4) is 0 Å². The average molecular weight is 535 g/mol. The van der Waals surface area contributed by atoms with Crippen molar-refractivity contribution in [1.82, 2.24) is 0 Å². The van der Waals surface area contributed by atoms with Gasteiger partial charge in [0.05, 0.1) is 21.8 Å². The Morgan fingerprint density at radius 1 is 1.24 bits per heavy atom. The van der Waals surface area contributed by atoms with E-state index in [1.54, 1.807) is 12.1 Å². The molecule has 0 bridgehead atoms. The highest BCUT2D eigenvalue weighted by atomic mass is 79.9. The van der Waals surface area contributed by atoms with Crippen LogP contribution < -0.4 is 4.74 Å². The fraction of sp³-hybridized carbons (Fsp3) is 0.278. The SMILES string of the molecule is Cc1ccc(O)c(C(=O)C(Br)C(Br)c2cc(Br)cc3c2OCOC3)c1. The van der Waals surface area contributed by atoms with Crippen molar-refractivity contribution in [2.24, 2.45) is 0 Å². The Hall–Kier alpha value is -0.890. The standard InChI is InChI=1S/C18H15Br3O4/c1-9-2-3-14(22)12(4-9)17(23)16(21)15(20)13-6-11(19)5-10-7-24-8-25-18(10)13/h2-6,15-16,22H,7-8H2,1H3. The van der Waals surface area contributed by atoms with Gasteiger partial charge in [0.25, 0.3) is 0 Å². The van der Waals surface area contributed by atoms with Gasteiger partial charge in [0.1, 0.15) is 11.5 Å². The smallest absolute Gasteiger partial charge is 0.189 e. The number of benzene rings is 2. The number of hydrogen-bond donors (Lipinski definition) is 1. The zero-order valence-corrected chi connectivity index (χ0v) is 18.0. The number of Topliss-reactive ketones (excluding diaryl/α,β-unsaturated/α-hetero) is 1. The van der Waals surface area contributed by atoms with E-state index in [9.17, 15) is 9.90 Å². The minimum atomic E-state index is -0.579. The van der Waals surface area contributed by atoms with E-state index in [4.69, 9.17) is 9.47 Å². The van der Waals surface area contributed by atoms with Gasteiger partial charge in [-0.2, -0.15) is 0 Å². The van der Waals surface area contributed by atoms with Crippen molar-refractivity contribution in [3.8, 4) is 11.5 Å². The topological polar surface area (TPSA) is 55.8 Å².